The standard InChI is InChI=1S/C22H25N3O2/c1-2-13-27-20-10-9-16(14-17(20)15-25-11-5-6-12-25)21-23-19-8-4-3-7-18(19)22(26)24-21/h3-4,7-10,14H,2,5-6,11-13,15H2,1H3,(H,23,24,26). The second-order valence-electron chi connectivity index (χ2n) is 7.09. The van der Waals surface area contributed by atoms with Gasteiger partial charge < -0.3 is 9.72 Å². The summed E-state index contributed by atoms with van der Waals surface area (Å²) >= 11 is 0. The Kier molecular flexibility index (Phi) is 5.21. The Morgan fingerprint density at radius 1 is 1.15 bits per heavy atom. The van der Waals surface area contributed by atoms with E-state index in [0.717, 1.165) is 42.9 Å². The van der Waals surface area contributed by atoms with E-state index in [1.54, 1.807) is 6.07 Å². The molecule has 4 rings (SSSR count). The Bertz CT molecular complexity index is 990. The van der Waals surface area contributed by atoms with Crippen LogP contribution in [0.15, 0.2) is 47.3 Å². The summed E-state index contributed by atoms with van der Waals surface area (Å²) in [5.74, 6) is 1.53. The number of fused-ring (bicyclic) bond motifs is 1. The highest BCUT2D eigenvalue weighted by Crippen LogP contribution is 2.27. The number of aromatic amines is 1. The lowest BCUT2D eigenvalue weighted by molar-refractivity contribution is 0.294. The summed E-state index contributed by atoms with van der Waals surface area (Å²) in [6.07, 6.45) is 3.49. The first-order valence-corrected chi connectivity index (χ1v) is 9.72. The number of hydrogen-bond acceptors (Lipinski definition) is 4. The maximum absolute atomic E-state index is 12.4. The molecule has 0 saturated carbocycles. The molecule has 0 spiro atoms. The molecule has 5 heteroatoms. The smallest absolute Gasteiger partial charge is 0.259 e. The molecule has 0 bridgehead atoms. The van der Waals surface area contributed by atoms with E-state index in [1.807, 2.05) is 30.3 Å². The molecular formula is C22H25N3O2. The fraction of sp³-hybridized carbons (Fsp3) is 0.364. The number of nitrogens with one attached hydrogen (secondary N) is 1. The molecule has 0 amide bonds. The molecule has 5 nitrogen and oxygen atoms in total. The second kappa shape index (κ2) is 7.92. The topological polar surface area (TPSA) is 58.2 Å². The van der Waals surface area contributed by atoms with E-state index in [2.05, 4.69) is 27.9 Å². The van der Waals surface area contributed by atoms with E-state index in [0.29, 0.717) is 23.3 Å². The van der Waals surface area contributed by atoms with Gasteiger partial charge in [0.15, 0.2) is 0 Å². The van der Waals surface area contributed by atoms with Crippen molar-refractivity contribution in [1.82, 2.24) is 14.9 Å². The molecule has 1 saturated heterocycles. The number of rotatable bonds is 6. The van der Waals surface area contributed by atoms with Gasteiger partial charge in [0, 0.05) is 17.7 Å². The van der Waals surface area contributed by atoms with Crippen LogP contribution in [0, 0.1) is 0 Å². The van der Waals surface area contributed by atoms with Crippen molar-refractivity contribution in [3.8, 4) is 17.1 Å². The zero-order valence-electron chi connectivity index (χ0n) is 15.7. The number of ether oxygens (including phenoxy) is 1. The first-order chi connectivity index (χ1) is 13.2. The lowest BCUT2D eigenvalue weighted by Gasteiger charge is -2.18. The molecule has 27 heavy (non-hydrogen) atoms. The maximum Gasteiger partial charge on any atom is 0.259 e. The van der Waals surface area contributed by atoms with Crippen molar-refractivity contribution in [2.45, 2.75) is 32.7 Å². The zero-order chi connectivity index (χ0) is 18.6. The SMILES string of the molecule is CCCOc1ccc(-c2nc3ccccc3c(=O)[nH]2)cc1CN1CCCC1. The van der Waals surface area contributed by atoms with E-state index in [4.69, 9.17) is 4.74 Å². The van der Waals surface area contributed by atoms with Gasteiger partial charge in [0.05, 0.1) is 17.5 Å². The van der Waals surface area contributed by atoms with Crippen LogP contribution < -0.4 is 10.3 Å². The van der Waals surface area contributed by atoms with Crippen molar-refractivity contribution >= 4 is 10.9 Å². The average molecular weight is 363 g/mol. The Morgan fingerprint density at radius 3 is 2.78 bits per heavy atom. The van der Waals surface area contributed by atoms with Gasteiger partial charge >= 0.3 is 0 Å². The fourth-order valence-corrected chi connectivity index (χ4v) is 3.61. The summed E-state index contributed by atoms with van der Waals surface area (Å²) in [6, 6.07) is 13.5. The van der Waals surface area contributed by atoms with Gasteiger partial charge in [-0.05, 0) is 62.7 Å². The van der Waals surface area contributed by atoms with Crippen LogP contribution in [0.5, 0.6) is 5.75 Å². The Hall–Kier alpha value is -2.66. The van der Waals surface area contributed by atoms with Crippen LogP contribution in [0.25, 0.3) is 22.3 Å². The highest BCUT2D eigenvalue weighted by molar-refractivity contribution is 5.79. The predicted molar refractivity (Wildman–Crippen MR) is 108 cm³/mol. The van der Waals surface area contributed by atoms with Gasteiger partial charge in [-0.1, -0.05) is 19.1 Å². The molecule has 0 atom stereocenters. The minimum absolute atomic E-state index is 0.108. The molecule has 1 fully saturated rings. The summed E-state index contributed by atoms with van der Waals surface area (Å²) in [7, 11) is 0. The van der Waals surface area contributed by atoms with Crippen molar-refractivity contribution < 1.29 is 4.74 Å². The van der Waals surface area contributed by atoms with Crippen LogP contribution in [-0.2, 0) is 6.54 Å². The first kappa shape index (κ1) is 17.7. The highest BCUT2D eigenvalue weighted by atomic mass is 16.5. The molecule has 1 N–H and O–H groups in total. The van der Waals surface area contributed by atoms with Crippen molar-refractivity contribution in [2.24, 2.45) is 0 Å². The van der Waals surface area contributed by atoms with E-state index in [1.165, 1.54) is 12.8 Å². The van der Waals surface area contributed by atoms with Crippen LogP contribution in [0.4, 0.5) is 0 Å². The van der Waals surface area contributed by atoms with Crippen molar-refractivity contribution in [2.75, 3.05) is 19.7 Å². The van der Waals surface area contributed by atoms with Crippen LogP contribution in [0.2, 0.25) is 0 Å². The molecule has 1 aliphatic rings. The molecular weight excluding hydrogens is 338 g/mol. The van der Waals surface area contributed by atoms with Gasteiger partial charge in [-0.15, -0.1) is 0 Å². The van der Waals surface area contributed by atoms with Gasteiger partial charge in [0.25, 0.3) is 5.56 Å². The number of aromatic nitrogens is 2. The normalized spacial score (nSPS) is 14.7. The summed E-state index contributed by atoms with van der Waals surface area (Å²) in [6.45, 7) is 5.94. The number of likely N-dealkylation sites (tertiary alicyclic amines) is 1. The zero-order valence-corrected chi connectivity index (χ0v) is 15.7. The number of para-hydroxylation sites is 1. The molecule has 1 aliphatic heterocycles. The summed E-state index contributed by atoms with van der Waals surface area (Å²) in [5, 5.41) is 0.612. The van der Waals surface area contributed by atoms with E-state index < -0.39 is 0 Å². The lowest BCUT2D eigenvalue weighted by atomic mass is 10.1. The van der Waals surface area contributed by atoms with Crippen molar-refractivity contribution in [1.29, 1.82) is 0 Å². The molecule has 1 aromatic heterocycles. The minimum Gasteiger partial charge on any atom is -0.493 e. The third-order valence-corrected chi connectivity index (χ3v) is 5.00. The molecule has 0 unspecified atom stereocenters. The fourth-order valence-electron chi connectivity index (χ4n) is 3.61. The molecule has 3 aromatic rings. The molecule has 0 aliphatic carbocycles. The van der Waals surface area contributed by atoms with E-state index >= 15 is 0 Å². The average Bonchev–Trinajstić information content (AvgIpc) is 3.20. The monoisotopic (exact) mass is 363 g/mol. The van der Waals surface area contributed by atoms with Crippen LogP contribution in [-0.4, -0.2) is 34.6 Å². The number of H-pyrrole nitrogens is 1. The van der Waals surface area contributed by atoms with Gasteiger partial charge in [0.1, 0.15) is 11.6 Å². The Balaban J connectivity index is 1.73. The van der Waals surface area contributed by atoms with Crippen molar-refractivity contribution in [3.63, 3.8) is 0 Å². The number of hydrogen-bond donors (Lipinski definition) is 1. The van der Waals surface area contributed by atoms with E-state index in [-0.39, 0.29) is 5.56 Å². The van der Waals surface area contributed by atoms with Crippen LogP contribution >= 0.6 is 0 Å². The second-order valence-corrected chi connectivity index (χ2v) is 7.09. The van der Waals surface area contributed by atoms with Crippen LogP contribution in [0.1, 0.15) is 31.7 Å². The summed E-state index contributed by atoms with van der Waals surface area (Å²) < 4.78 is 5.96. The predicted octanol–water partition coefficient (Wildman–Crippen LogP) is 3.97. The van der Waals surface area contributed by atoms with Crippen molar-refractivity contribution in [3.05, 3.63) is 58.4 Å². The largest absolute Gasteiger partial charge is 0.493 e. The lowest BCUT2D eigenvalue weighted by Crippen LogP contribution is -2.19. The third-order valence-electron chi connectivity index (χ3n) is 5.00. The Labute approximate surface area is 159 Å². The quantitative estimate of drug-likeness (QED) is 0.720. The Morgan fingerprint density at radius 2 is 1.96 bits per heavy atom. The molecule has 2 aromatic carbocycles. The number of nitrogens with zero attached hydrogens (tertiary/aromatic N) is 2. The molecule has 0 radical (unpaired) electrons. The highest BCUT2D eigenvalue weighted by Gasteiger charge is 2.16. The summed E-state index contributed by atoms with van der Waals surface area (Å²) in [5.41, 5.74) is 2.67. The third kappa shape index (κ3) is 3.88. The van der Waals surface area contributed by atoms with Crippen LogP contribution in [0.3, 0.4) is 0 Å². The summed E-state index contributed by atoms with van der Waals surface area (Å²) in [4.78, 5) is 22.5. The van der Waals surface area contributed by atoms with Gasteiger partial charge in [-0.3, -0.25) is 9.69 Å². The first-order valence-electron chi connectivity index (χ1n) is 9.72. The van der Waals surface area contributed by atoms with Gasteiger partial charge in [0.2, 0.25) is 0 Å². The van der Waals surface area contributed by atoms with Gasteiger partial charge in [-0.2, -0.15) is 0 Å². The molecule has 2 heterocycles. The number of benzene rings is 2. The minimum atomic E-state index is -0.108. The maximum atomic E-state index is 12.4. The van der Waals surface area contributed by atoms with E-state index in [9.17, 15) is 4.79 Å². The van der Waals surface area contributed by atoms with Gasteiger partial charge in [-0.25, -0.2) is 4.98 Å². The molecule has 140 valence electrons.